The second-order valence-corrected chi connectivity index (χ2v) is 7.41. The van der Waals surface area contributed by atoms with Gasteiger partial charge in [0.15, 0.2) is 11.5 Å². The zero-order valence-electron chi connectivity index (χ0n) is 16.1. The first-order valence-electron chi connectivity index (χ1n) is 9.08. The number of nitrogens with zero attached hydrogens (tertiary/aromatic N) is 1. The molecule has 2 aromatic carbocycles. The predicted molar refractivity (Wildman–Crippen MR) is 114 cm³/mol. The van der Waals surface area contributed by atoms with Crippen LogP contribution < -0.4 is 19.7 Å². The highest BCUT2D eigenvalue weighted by molar-refractivity contribution is 7.09. The molecule has 5 heteroatoms. The Morgan fingerprint density at radius 3 is 2.44 bits per heavy atom. The van der Waals surface area contributed by atoms with Gasteiger partial charge in [-0.25, -0.2) is 0 Å². The molecule has 0 aliphatic rings. The molecule has 0 aliphatic heterocycles. The van der Waals surface area contributed by atoms with Crippen molar-refractivity contribution in [2.45, 2.75) is 20.1 Å². The summed E-state index contributed by atoms with van der Waals surface area (Å²) >= 11 is 1.69. The lowest BCUT2D eigenvalue weighted by Crippen LogP contribution is -2.08. The van der Waals surface area contributed by atoms with Crippen LogP contribution in [-0.2, 0) is 13.2 Å². The van der Waals surface area contributed by atoms with E-state index in [9.17, 15) is 0 Å². The normalized spacial score (nSPS) is 10.5. The molecule has 0 saturated heterocycles. The van der Waals surface area contributed by atoms with Crippen LogP contribution in [0.15, 0.2) is 60.0 Å². The maximum absolute atomic E-state index is 5.95. The van der Waals surface area contributed by atoms with Crippen molar-refractivity contribution in [3.05, 3.63) is 70.4 Å². The van der Waals surface area contributed by atoms with Gasteiger partial charge < -0.3 is 19.7 Å². The minimum atomic E-state index is 0.563. The van der Waals surface area contributed by atoms with Crippen molar-refractivity contribution >= 4 is 22.7 Å². The van der Waals surface area contributed by atoms with Crippen LogP contribution in [0.1, 0.15) is 17.4 Å². The van der Waals surface area contributed by atoms with Gasteiger partial charge in [-0.05, 0) is 60.3 Å². The van der Waals surface area contributed by atoms with Gasteiger partial charge in [0, 0.05) is 36.9 Å². The summed E-state index contributed by atoms with van der Waals surface area (Å²) in [4.78, 5) is 3.29. The molecule has 3 rings (SSSR count). The molecule has 3 aromatic rings. The highest BCUT2D eigenvalue weighted by atomic mass is 32.1. The van der Waals surface area contributed by atoms with Crippen molar-refractivity contribution in [2.75, 3.05) is 30.9 Å². The molecule has 0 bridgehead atoms. The first-order valence-corrected chi connectivity index (χ1v) is 9.96. The molecule has 1 heterocycles. The number of nitrogens with one attached hydrogen (secondary N) is 1. The summed E-state index contributed by atoms with van der Waals surface area (Å²) in [6.07, 6.45) is 0. The van der Waals surface area contributed by atoms with E-state index < -0.39 is 0 Å². The lowest BCUT2D eigenvalue weighted by Gasteiger charge is -2.15. The van der Waals surface area contributed by atoms with Crippen LogP contribution in [0, 0.1) is 0 Å². The van der Waals surface area contributed by atoms with E-state index in [4.69, 9.17) is 9.47 Å². The quantitative estimate of drug-likeness (QED) is 0.537. The van der Waals surface area contributed by atoms with Gasteiger partial charge in [0.1, 0.15) is 6.61 Å². The van der Waals surface area contributed by atoms with E-state index in [1.807, 2.05) is 33.2 Å². The van der Waals surface area contributed by atoms with Crippen LogP contribution in [0.4, 0.5) is 11.4 Å². The van der Waals surface area contributed by atoms with Crippen molar-refractivity contribution < 1.29 is 9.47 Å². The SMILES string of the molecule is CCOc1cc(CNc2ccc(N(C)C)cc2)ccc1OCc1cccs1. The predicted octanol–water partition coefficient (Wildman–Crippen LogP) is 5.40. The Balaban J connectivity index is 1.63. The highest BCUT2D eigenvalue weighted by Crippen LogP contribution is 2.30. The molecule has 0 saturated carbocycles. The standard InChI is InChI=1S/C22H26N2O2S/c1-4-25-22-14-17(7-12-21(22)26-16-20-6-5-13-27-20)15-23-18-8-10-19(11-9-18)24(2)3/h5-14,23H,4,15-16H2,1-3H3. The number of anilines is 2. The first kappa shape index (κ1) is 19.1. The summed E-state index contributed by atoms with van der Waals surface area (Å²) < 4.78 is 11.7. The fraction of sp³-hybridized carbons (Fsp3) is 0.273. The van der Waals surface area contributed by atoms with Crippen molar-refractivity contribution in [2.24, 2.45) is 0 Å². The number of hydrogen-bond donors (Lipinski definition) is 1. The van der Waals surface area contributed by atoms with Gasteiger partial charge in [-0.2, -0.15) is 0 Å². The molecule has 0 unspecified atom stereocenters. The fourth-order valence-corrected chi connectivity index (χ4v) is 3.29. The zero-order chi connectivity index (χ0) is 19.1. The molecule has 1 N–H and O–H groups in total. The van der Waals surface area contributed by atoms with Crippen LogP contribution in [0.2, 0.25) is 0 Å². The van der Waals surface area contributed by atoms with Crippen LogP contribution in [0.25, 0.3) is 0 Å². The van der Waals surface area contributed by atoms with E-state index in [0.29, 0.717) is 13.2 Å². The average Bonchev–Trinajstić information content (AvgIpc) is 3.20. The summed E-state index contributed by atoms with van der Waals surface area (Å²) in [5.41, 5.74) is 3.43. The Labute approximate surface area is 165 Å². The Morgan fingerprint density at radius 2 is 1.78 bits per heavy atom. The van der Waals surface area contributed by atoms with Gasteiger partial charge in [0.2, 0.25) is 0 Å². The van der Waals surface area contributed by atoms with Crippen molar-refractivity contribution in [1.29, 1.82) is 0 Å². The average molecular weight is 383 g/mol. The molecule has 0 spiro atoms. The van der Waals surface area contributed by atoms with E-state index in [-0.39, 0.29) is 0 Å². The minimum absolute atomic E-state index is 0.563. The molecule has 0 atom stereocenters. The van der Waals surface area contributed by atoms with Crippen LogP contribution >= 0.6 is 11.3 Å². The number of ether oxygens (including phenoxy) is 2. The maximum Gasteiger partial charge on any atom is 0.161 e. The second-order valence-electron chi connectivity index (χ2n) is 6.38. The zero-order valence-corrected chi connectivity index (χ0v) is 16.9. The summed E-state index contributed by atoms with van der Waals surface area (Å²) in [7, 11) is 4.08. The third kappa shape index (κ3) is 5.41. The molecular weight excluding hydrogens is 356 g/mol. The van der Waals surface area contributed by atoms with E-state index in [1.165, 1.54) is 10.6 Å². The van der Waals surface area contributed by atoms with Gasteiger partial charge in [0.25, 0.3) is 0 Å². The third-order valence-corrected chi connectivity index (χ3v) is 4.99. The Morgan fingerprint density at radius 1 is 0.963 bits per heavy atom. The summed E-state index contributed by atoms with van der Waals surface area (Å²) in [6.45, 7) is 3.89. The number of thiophene rings is 1. The van der Waals surface area contributed by atoms with Crippen LogP contribution in [0.3, 0.4) is 0 Å². The number of benzene rings is 2. The van der Waals surface area contributed by atoms with Crippen LogP contribution in [0.5, 0.6) is 11.5 Å². The van der Waals surface area contributed by atoms with Crippen LogP contribution in [-0.4, -0.2) is 20.7 Å². The topological polar surface area (TPSA) is 33.7 Å². The Hall–Kier alpha value is -2.66. The van der Waals surface area contributed by atoms with Gasteiger partial charge in [0.05, 0.1) is 6.61 Å². The summed E-state index contributed by atoms with van der Waals surface area (Å²) in [6, 6.07) is 18.6. The third-order valence-electron chi connectivity index (χ3n) is 4.14. The largest absolute Gasteiger partial charge is 0.490 e. The van der Waals surface area contributed by atoms with Crippen molar-refractivity contribution in [1.82, 2.24) is 0 Å². The van der Waals surface area contributed by atoms with E-state index >= 15 is 0 Å². The smallest absolute Gasteiger partial charge is 0.161 e. The van der Waals surface area contributed by atoms with E-state index in [2.05, 4.69) is 58.1 Å². The molecule has 4 nitrogen and oxygen atoms in total. The molecule has 0 fully saturated rings. The maximum atomic E-state index is 5.95. The van der Waals surface area contributed by atoms with Gasteiger partial charge in [-0.1, -0.05) is 12.1 Å². The minimum Gasteiger partial charge on any atom is -0.490 e. The van der Waals surface area contributed by atoms with Gasteiger partial charge >= 0.3 is 0 Å². The summed E-state index contributed by atoms with van der Waals surface area (Å²) in [5.74, 6) is 1.57. The van der Waals surface area contributed by atoms with E-state index in [0.717, 1.165) is 29.3 Å². The Kier molecular flexibility index (Phi) is 6.60. The number of hydrogen-bond acceptors (Lipinski definition) is 5. The lowest BCUT2D eigenvalue weighted by molar-refractivity contribution is 0.271. The Bertz CT molecular complexity index is 830. The van der Waals surface area contributed by atoms with Gasteiger partial charge in [-0.15, -0.1) is 11.3 Å². The van der Waals surface area contributed by atoms with Gasteiger partial charge in [-0.3, -0.25) is 0 Å². The second kappa shape index (κ2) is 9.33. The highest BCUT2D eigenvalue weighted by Gasteiger charge is 2.08. The molecule has 0 amide bonds. The molecular formula is C22H26N2O2S. The summed E-state index contributed by atoms with van der Waals surface area (Å²) in [5, 5.41) is 5.51. The fourth-order valence-electron chi connectivity index (χ4n) is 2.68. The van der Waals surface area contributed by atoms with Crippen molar-refractivity contribution in [3.63, 3.8) is 0 Å². The first-order chi connectivity index (χ1) is 13.2. The molecule has 27 heavy (non-hydrogen) atoms. The van der Waals surface area contributed by atoms with E-state index in [1.54, 1.807) is 11.3 Å². The lowest BCUT2D eigenvalue weighted by atomic mass is 10.2. The molecule has 142 valence electrons. The monoisotopic (exact) mass is 382 g/mol. The van der Waals surface area contributed by atoms with Crippen molar-refractivity contribution in [3.8, 4) is 11.5 Å². The number of rotatable bonds is 9. The molecule has 0 radical (unpaired) electrons. The molecule has 1 aromatic heterocycles. The molecule has 0 aliphatic carbocycles.